The van der Waals surface area contributed by atoms with Crippen LogP contribution in [0.3, 0.4) is 0 Å². The van der Waals surface area contributed by atoms with Crippen LogP contribution in [0.2, 0.25) is 0 Å². The summed E-state index contributed by atoms with van der Waals surface area (Å²) in [6.45, 7) is 3.24. The Morgan fingerprint density at radius 3 is 2.85 bits per heavy atom. The van der Waals surface area contributed by atoms with Crippen LogP contribution in [-0.2, 0) is 6.54 Å². The molecule has 2 atom stereocenters. The van der Waals surface area contributed by atoms with E-state index in [4.69, 9.17) is 10.4 Å². The molecule has 0 saturated heterocycles. The molecule has 1 fully saturated rings. The van der Waals surface area contributed by atoms with Crippen LogP contribution in [0.25, 0.3) is 5.57 Å². The predicted molar refractivity (Wildman–Crippen MR) is 105 cm³/mol. The number of allylic oxidation sites excluding steroid dienone is 1. The molecule has 5 N–H and O–H groups in total. The summed E-state index contributed by atoms with van der Waals surface area (Å²) in [5, 5.41) is 20.7. The van der Waals surface area contributed by atoms with Crippen LogP contribution in [0.5, 0.6) is 0 Å². The lowest BCUT2D eigenvalue weighted by atomic mass is 9.90. The van der Waals surface area contributed by atoms with Crippen molar-refractivity contribution in [3.05, 3.63) is 29.1 Å². The van der Waals surface area contributed by atoms with Gasteiger partial charge in [-0.15, -0.1) is 0 Å². The molecule has 0 bridgehead atoms. The van der Waals surface area contributed by atoms with E-state index in [0.717, 1.165) is 30.8 Å². The average molecular weight is 356 g/mol. The van der Waals surface area contributed by atoms with E-state index in [1.807, 2.05) is 20.0 Å². The number of likely N-dealkylation sites (N-methyl/N-ethyl adjacent to an activating group) is 1. The van der Waals surface area contributed by atoms with E-state index in [1.165, 1.54) is 19.1 Å². The molecule has 0 aromatic carbocycles. The number of aromatic nitrogens is 1. The largest absolute Gasteiger partial charge is 0.391 e. The normalized spacial score (nSPS) is 22.5. The Morgan fingerprint density at radius 2 is 2.15 bits per heavy atom. The Hall–Kier alpha value is -2.41. The highest BCUT2D eigenvalue weighted by Crippen LogP contribution is 2.28. The number of nitrogens with zero attached hydrogens (tertiary/aromatic N) is 1. The number of pyridine rings is 1. The standard InChI is InChI=1S/C19H28N6O/c1-3-22-10-13(9-20)18-17-12(11-23-19(17)26)8-16(25-18)24-15-7-5-4-6-14(15)21-2/h8-10,14-15,20-22H,3-7,11H2,1-2H3,(H,23,26)(H,24,25)/b13-10+,20-9?. The van der Waals surface area contributed by atoms with Gasteiger partial charge in [0.1, 0.15) is 5.82 Å². The summed E-state index contributed by atoms with van der Waals surface area (Å²) in [4.78, 5) is 17.0. The molecule has 0 spiro atoms. The van der Waals surface area contributed by atoms with Gasteiger partial charge in [-0.05, 0) is 38.4 Å². The molecule has 7 nitrogen and oxygen atoms in total. The Kier molecular flexibility index (Phi) is 5.88. The van der Waals surface area contributed by atoms with Crippen molar-refractivity contribution in [3.8, 4) is 0 Å². The van der Waals surface area contributed by atoms with E-state index in [1.54, 1.807) is 6.20 Å². The van der Waals surface area contributed by atoms with E-state index < -0.39 is 0 Å². The van der Waals surface area contributed by atoms with Gasteiger partial charge in [-0.3, -0.25) is 4.79 Å². The SMILES string of the molecule is CCN/C=C(\C=N)c1nc(NC2CCCCC2NC)cc2c1C(=O)NC2. The number of anilines is 1. The molecule has 26 heavy (non-hydrogen) atoms. The van der Waals surface area contributed by atoms with Crippen molar-refractivity contribution >= 4 is 23.5 Å². The van der Waals surface area contributed by atoms with Crippen molar-refractivity contribution in [3.63, 3.8) is 0 Å². The summed E-state index contributed by atoms with van der Waals surface area (Å²) in [7, 11) is 2.00. The first-order chi connectivity index (χ1) is 12.7. The molecule has 140 valence electrons. The van der Waals surface area contributed by atoms with Crippen LogP contribution < -0.4 is 21.3 Å². The maximum atomic E-state index is 12.3. The maximum absolute atomic E-state index is 12.3. The molecule has 1 aliphatic heterocycles. The lowest BCUT2D eigenvalue weighted by molar-refractivity contribution is 0.0965. The highest BCUT2D eigenvalue weighted by molar-refractivity contribution is 6.13. The van der Waals surface area contributed by atoms with Gasteiger partial charge in [0.2, 0.25) is 0 Å². The second-order valence-electron chi connectivity index (χ2n) is 6.81. The number of hydrogen-bond acceptors (Lipinski definition) is 6. The summed E-state index contributed by atoms with van der Waals surface area (Å²) >= 11 is 0. The van der Waals surface area contributed by atoms with E-state index in [2.05, 4.69) is 21.3 Å². The smallest absolute Gasteiger partial charge is 0.254 e. The molecule has 1 aromatic rings. The quantitative estimate of drug-likeness (QED) is 0.480. The second-order valence-corrected chi connectivity index (χ2v) is 6.81. The fraction of sp³-hybridized carbons (Fsp3) is 0.526. The Bertz CT molecular complexity index is 714. The molecular formula is C19H28N6O. The Labute approximate surface area is 154 Å². The highest BCUT2D eigenvalue weighted by atomic mass is 16.1. The number of nitrogens with one attached hydrogen (secondary N) is 5. The van der Waals surface area contributed by atoms with Gasteiger partial charge < -0.3 is 26.7 Å². The summed E-state index contributed by atoms with van der Waals surface area (Å²) < 4.78 is 0. The second kappa shape index (κ2) is 8.31. The topological polar surface area (TPSA) is 102 Å². The summed E-state index contributed by atoms with van der Waals surface area (Å²) in [6, 6.07) is 2.70. The van der Waals surface area contributed by atoms with Gasteiger partial charge in [0.25, 0.3) is 5.91 Å². The predicted octanol–water partition coefficient (Wildman–Crippen LogP) is 1.87. The van der Waals surface area contributed by atoms with Crippen molar-refractivity contribution in [2.24, 2.45) is 0 Å². The van der Waals surface area contributed by atoms with Crippen molar-refractivity contribution < 1.29 is 4.79 Å². The molecule has 0 radical (unpaired) electrons. The monoisotopic (exact) mass is 356 g/mol. The zero-order chi connectivity index (χ0) is 18.5. The molecule has 2 aliphatic rings. The third-order valence-corrected chi connectivity index (χ3v) is 5.13. The van der Waals surface area contributed by atoms with E-state index in [0.29, 0.717) is 35.5 Å². The Balaban J connectivity index is 1.96. The van der Waals surface area contributed by atoms with Crippen LogP contribution >= 0.6 is 0 Å². The zero-order valence-corrected chi connectivity index (χ0v) is 15.5. The lowest BCUT2D eigenvalue weighted by Gasteiger charge is -2.32. The number of amides is 1. The Morgan fingerprint density at radius 1 is 1.38 bits per heavy atom. The summed E-state index contributed by atoms with van der Waals surface area (Å²) in [5.74, 6) is 0.649. The molecule has 2 heterocycles. The summed E-state index contributed by atoms with van der Waals surface area (Å²) in [6.07, 6.45) is 7.70. The fourth-order valence-corrected chi connectivity index (χ4v) is 3.77. The molecule has 2 unspecified atom stereocenters. The zero-order valence-electron chi connectivity index (χ0n) is 15.5. The third-order valence-electron chi connectivity index (χ3n) is 5.13. The van der Waals surface area contributed by atoms with Gasteiger partial charge >= 0.3 is 0 Å². The highest BCUT2D eigenvalue weighted by Gasteiger charge is 2.28. The van der Waals surface area contributed by atoms with Crippen molar-refractivity contribution in [2.75, 3.05) is 18.9 Å². The molecule has 1 amide bonds. The first-order valence-electron chi connectivity index (χ1n) is 9.38. The van der Waals surface area contributed by atoms with Crippen LogP contribution in [-0.4, -0.2) is 42.8 Å². The maximum Gasteiger partial charge on any atom is 0.254 e. The number of fused-ring (bicyclic) bond motifs is 1. The minimum atomic E-state index is -0.121. The number of hydrogen-bond donors (Lipinski definition) is 5. The van der Waals surface area contributed by atoms with Gasteiger partial charge in [0, 0.05) is 43.2 Å². The van der Waals surface area contributed by atoms with Gasteiger partial charge in [-0.25, -0.2) is 4.98 Å². The van der Waals surface area contributed by atoms with Crippen molar-refractivity contribution in [1.82, 2.24) is 20.9 Å². The van der Waals surface area contributed by atoms with E-state index in [9.17, 15) is 4.79 Å². The van der Waals surface area contributed by atoms with Crippen LogP contribution in [0.15, 0.2) is 12.3 Å². The van der Waals surface area contributed by atoms with Crippen molar-refractivity contribution in [1.29, 1.82) is 5.41 Å². The molecule has 7 heteroatoms. The minimum Gasteiger partial charge on any atom is -0.391 e. The molecule has 1 aromatic heterocycles. The number of carbonyl (C=O) groups excluding carboxylic acids is 1. The fourth-order valence-electron chi connectivity index (χ4n) is 3.77. The first-order valence-corrected chi connectivity index (χ1v) is 9.38. The minimum absolute atomic E-state index is 0.121. The van der Waals surface area contributed by atoms with Gasteiger partial charge in [0.05, 0.1) is 11.3 Å². The number of carbonyl (C=O) groups is 1. The van der Waals surface area contributed by atoms with Gasteiger partial charge in [-0.1, -0.05) is 12.8 Å². The van der Waals surface area contributed by atoms with E-state index >= 15 is 0 Å². The number of rotatable bonds is 7. The molecule has 1 aliphatic carbocycles. The van der Waals surface area contributed by atoms with E-state index in [-0.39, 0.29) is 5.91 Å². The molecule has 1 saturated carbocycles. The van der Waals surface area contributed by atoms with Gasteiger partial charge in [-0.2, -0.15) is 0 Å². The molecular weight excluding hydrogens is 328 g/mol. The van der Waals surface area contributed by atoms with Crippen molar-refractivity contribution in [2.45, 2.75) is 51.2 Å². The van der Waals surface area contributed by atoms with Gasteiger partial charge in [0.15, 0.2) is 0 Å². The van der Waals surface area contributed by atoms with Crippen LogP contribution in [0.4, 0.5) is 5.82 Å². The summed E-state index contributed by atoms with van der Waals surface area (Å²) in [5.41, 5.74) is 2.69. The van der Waals surface area contributed by atoms with Crippen LogP contribution in [0.1, 0.15) is 54.2 Å². The average Bonchev–Trinajstić information content (AvgIpc) is 3.03. The lowest BCUT2D eigenvalue weighted by Crippen LogP contribution is -2.44. The first kappa shape index (κ1) is 18.4. The third kappa shape index (κ3) is 3.72. The molecule has 3 rings (SSSR count). The van der Waals surface area contributed by atoms with Crippen LogP contribution in [0, 0.1) is 5.41 Å².